The minimum Gasteiger partial charge on any atom is -0.444 e. The standard InChI is InChI=1S/C16H16ClFN2O2/c1-16(2,3)22-15(21)20-14-8-10(6-7-19-14)12-5-4-11(17)9-13(12)18/h4-9H,1-3H3,(H,19,20,21). The van der Waals surface area contributed by atoms with Crippen LogP contribution >= 0.6 is 11.6 Å². The Kier molecular flexibility index (Phi) is 4.66. The number of halogens is 2. The van der Waals surface area contributed by atoms with Gasteiger partial charge in [0.25, 0.3) is 0 Å². The Balaban J connectivity index is 2.22. The Morgan fingerprint density at radius 3 is 2.64 bits per heavy atom. The number of ether oxygens (including phenoxy) is 1. The fourth-order valence-corrected chi connectivity index (χ4v) is 1.96. The van der Waals surface area contributed by atoms with Crippen LogP contribution in [0.1, 0.15) is 20.8 Å². The molecule has 0 saturated carbocycles. The van der Waals surface area contributed by atoms with Crippen molar-refractivity contribution in [2.24, 2.45) is 0 Å². The van der Waals surface area contributed by atoms with E-state index in [9.17, 15) is 9.18 Å². The van der Waals surface area contributed by atoms with Gasteiger partial charge in [-0.1, -0.05) is 11.6 Å². The van der Waals surface area contributed by atoms with Crippen LogP contribution in [0.15, 0.2) is 36.5 Å². The first-order valence-electron chi connectivity index (χ1n) is 6.66. The van der Waals surface area contributed by atoms with Gasteiger partial charge in [-0.15, -0.1) is 0 Å². The molecule has 1 N–H and O–H groups in total. The molecule has 1 aromatic carbocycles. The van der Waals surface area contributed by atoms with Gasteiger partial charge in [-0.2, -0.15) is 0 Å². The highest BCUT2D eigenvalue weighted by atomic mass is 35.5. The normalized spacial score (nSPS) is 11.1. The molecule has 2 rings (SSSR count). The van der Waals surface area contributed by atoms with Gasteiger partial charge in [0, 0.05) is 16.8 Å². The summed E-state index contributed by atoms with van der Waals surface area (Å²) in [5, 5.41) is 2.84. The summed E-state index contributed by atoms with van der Waals surface area (Å²) >= 11 is 5.74. The number of nitrogens with zero attached hydrogens (tertiary/aromatic N) is 1. The van der Waals surface area contributed by atoms with Crippen LogP contribution in [0.2, 0.25) is 5.02 Å². The highest BCUT2D eigenvalue weighted by Gasteiger charge is 2.17. The molecule has 116 valence electrons. The van der Waals surface area contributed by atoms with Crippen molar-refractivity contribution in [1.82, 2.24) is 4.98 Å². The predicted molar refractivity (Wildman–Crippen MR) is 84.5 cm³/mol. The van der Waals surface area contributed by atoms with Crippen LogP contribution in [0.4, 0.5) is 15.0 Å². The quantitative estimate of drug-likeness (QED) is 0.856. The summed E-state index contributed by atoms with van der Waals surface area (Å²) < 4.78 is 19.1. The molecule has 1 heterocycles. The highest BCUT2D eigenvalue weighted by Crippen LogP contribution is 2.26. The molecule has 0 saturated heterocycles. The van der Waals surface area contributed by atoms with Gasteiger partial charge in [-0.25, -0.2) is 14.2 Å². The number of nitrogens with one attached hydrogen (secondary N) is 1. The Hall–Kier alpha value is -2.14. The lowest BCUT2D eigenvalue weighted by atomic mass is 10.1. The number of rotatable bonds is 2. The molecule has 22 heavy (non-hydrogen) atoms. The minimum absolute atomic E-state index is 0.279. The summed E-state index contributed by atoms with van der Waals surface area (Å²) in [6, 6.07) is 7.62. The highest BCUT2D eigenvalue weighted by molar-refractivity contribution is 6.30. The first-order valence-corrected chi connectivity index (χ1v) is 7.04. The Morgan fingerprint density at radius 1 is 1.27 bits per heavy atom. The van der Waals surface area contributed by atoms with Gasteiger partial charge in [0.1, 0.15) is 17.2 Å². The van der Waals surface area contributed by atoms with Crippen LogP contribution in [0.5, 0.6) is 0 Å². The van der Waals surface area contributed by atoms with Gasteiger partial charge in [0.15, 0.2) is 0 Å². The lowest BCUT2D eigenvalue weighted by Crippen LogP contribution is -2.27. The molecule has 0 bridgehead atoms. The fourth-order valence-electron chi connectivity index (χ4n) is 1.80. The number of benzene rings is 1. The number of hydrogen-bond acceptors (Lipinski definition) is 3. The van der Waals surface area contributed by atoms with Crippen LogP contribution in [-0.2, 0) is 4.74 Å². The van der Waals surface area contributed by atoms with E-state index in [-0.39, 0.29) is 5.82 Å². The third-order valence-corrected chi connectivity index (χ3v) is 2.87. The lowest BCUT2D eigenvalue weighted by Gasteiger charge is -2.19. The molecule has 1 aromatic heterocycles. The molecule has 0 aliphatic carbocycles. The Bertz CT molecular complexity index is 699. The van der Waals surface area contributed by atoms with E-state index in [1.165, 1.54) is 12.3 Å². The predicted octanol–water partition coefficient (Wildman–Crippen LogP) is 4.89. The maximum Gasteiger partial charge on any atom is 0.413 e. The molecule has 1 amide bonds. The SMILES string of the molecule is CC(C)(C)OC(=O)Nc1cc(-c2ccc(Cl)cc2F)ccn1. The summed E-state index contributed by atoms with van der Waals surface area (Å²) in [6.07, 6.45) is 0.865. The monoisotopic (exact) mass is 322 g/mol. The molecule has 0 aliphatic heterocycles. The summed E-state index contributed by atoms with van der Waals surface area (Å²) in [7, 11) is 0. The van der Waals surface area contributed by atoms with E-state index in [1.54, 1.807) is 45.0 Å². The second-order valence-corrected chi connectivity index (χ2v) is 6.12. The summed E-state index contributed by atoms with van der Waals surface area (Å²) in [4.78, 5) is 15.7. The molecular weight excluding hydrogens is 307 g/mol. The van der Waals surface area contributed by atoms with E-state index >= 15 is 0 Å². The summed E-state index contributed by atoms with van der Waals surface area (Å²) in [6.45, 7) is 5.29. The van der Waals surface area contributed by atoms with Crippen LogP contribution < -0.4 is 5.32 Å². The molecular formula is C16H16ClFN2O2. The smallest absolute Gasteiger partial charge is 0.413 e. The minimum atomic E-state index is -0.617. The maximum absolute atomic E-state index is 13.9. The number of amides is 1. The number of pyridine rings is 1. The van der Waals surface area contributed by atoms with Crippen molar-refractivity contribution in [1.29, 1.82) is 0 Å². The molecule has 0 atom stereocenters. The molecule has 6 heteroatoms. The van der Waals surface area contributed by atoms with Gasteiger partial charge in [0.05, 0.1) is 0 Å². The maximum atomic E-state index is 13.9. The third kappa shape index (κ3) is 4.43. The van der Waals surface area contributed by atoms with E-state index in [0.29, 0.717) is 16.1 Å². The van der Waals surface area contributed by atoms with E-state index in [0.717, 1.165) is 0 Å². The zero-order valence-electron chi connectivity index (χ0n) is 12.5. The van der Waals surface area contributed by atoms with Crippen LogP contribution in [0.3, 0.4) is 0 Å². The zero-order chi connectivity index (χ0) is 16.3. The first-order chi connectivity index (χ1) is 10.2. The number of aromatic nitrogens is 1. The van der Waals surface area contributed by atoms with Crippen molar-refractivity contribution >= 4 is 23.5 Å². The van der Waals surface area contributed by atoms with Gasteiger partial charge >= 0.3 is 6.09 Å². The van der Waals surface area contributed by atoms with Crippen molar-refractivity contribution in [2.45, 2.75) is 26.4 Å². The second-order valence-electron chi connectivity index (χ2n) is 5.68. The largest absolute Gasteiger partial charge is 0.444 e. The zero-order valence-corrected chi connectivity index (χ0v) is 13.2. The van der Waals surface area contributed by atoms with E-state index in [4.69, 9.17) is 16.3 Å². The molecule has 4 nitrogen and oxygen atoms in total. The van der Waals surface area contributed by atoms with Gasteiger partial charge < -0.3 is 4.74 Å². The van der Waals surface area contributed by atoms with Crippen molar-refractivity contribution < 1.29 is 13.9 Å². The second kappa shape index (κ2) is 6.32. The molecule has 0 fully saturated rings. The first kappa shape index (κ1) is 16.2. The van der Waals surface area contributed by atoms with Crippen molar-refractivity contribution in [3.8, 4) is 11.1 Å². The van der Waals surface area contributed by atoms with Gasteiger partial charge in [-0.05, 0) is 56.7 Å². The molecule has 0 unspecified atom stereocenters. The van der Waals surface area contributed by atoms with E-state index in [1.807, 2.05) is 0 Å². The topological polar surface area (TPSA) is 51.2 Å². The van der Waals surface area contributed by atoms with Crippen molar-refractivity contribution in [3.05, 3.63) is 47.4 Å². The van der Waals surface area contributed by atoms with Crippen LogP contribution in [0, 0.1) is 5.82 Å². The fraction of sp³-hybridized carbons (Fsp3) is 0.250. The third-order valence-electron chi connectivity index (χ3n) is 2.63. The molecule has 2 aromatic rings. The van der Waals surface area contributed by atoms with Crippen molar-refractivity contribution in [2.75, 3.05) is 5.32 Å². The summed E-state index contributed by atoms with van der Waals surface area (Å²) in [5.41, 5.74) is 0.346. The Labute approximate surface area is 133 Å². The van der Waals surface area contributed by atoms with Gasteiger partial charge in [-0.3, -0.25) is 5.32 Å². The Morgan fingerprint density at radius 2 is 2.00 bits per heavy atom. The molecule has 0 aliphatic rings. The number of anilines is 1. The van der Waals surface area contributed by atoms with E-state index < -0.39 is 17.5 Å². The summed E-state index contributed by atoms with van der Waals surface area (Å²) in [5.74, 6) is -0.164. The number of hydrogen-bond donors (Lipinski definition) is 1. The number of carbonyl (C=O) groups excluding carboxylic acids is 1. The van der Waals surface area contributed by atoms with E-state index in [2.05, 4.69) is 10.3 Å². The average molecular weight is 323 g/mol. The van der Waals surface area contributed by atoms with Crippen LogP contribution in [-0.4, -0.2) is 16.7 Å². The molecule has 0 spiro atoms. The number of carbonyl (C=O) groups is 1. The van der Waals surface area contributed by atoms with Crippen LogP contribution in [0.25, 0.3) is 11.1 Å². The van der Waals surface area contributed by atoms with Gasteiger partial charge in [0.2, 0.25) is 0 Å². The average Bonchev–Trinajstić information content (AvgIpc) is 2.36. The molecule has 0 radical (unpaired) electrons. The lowest BCUT2D eigenvalue weighted by molar-refractivity contribution is 0.0635. The van der Waals surface area contributed by atoms with Crippen molar-refractivity contribution in [3.63, 3.8) is 0 Å².